The average molecular weight is 318 g/mol. The van der Waals surface area contributed by atoms with Crippen LogP contribution in [0.25, 0.3) is 0 Å². The fraction of sp³-hybridized carbons (Fsp3) is 0.875. The van der Waals surface area contributed by atoms with E-state index in [9.17, 15) is 9.59 Å². The molecule has 1 unspecified atom stereocenters. The predicted molar refractivity (Wildman–Crippen MR) is 87.9 cm³/mol. The van der Waals surface area contributed by atoms with E-state index in [4.69, 9.17) is 10.2 Å². The minimum atomic E-state index is -0.822. The minimum Gasteiger partial charge on any atom is -0.481 e. The van der Waals surface area contributed by atoms with Gasteiger partial charge in [-0.15, -0.1) is 0 Å². The number of hydrogen-bond acceptors (Lipinski definition) is 3. The van der Waals surface area contributed by atoms with E-state index in [0.29, 0.717) is 17.9 Å². The van der Waals surface area contributed by atoms with Crippen molar-refractivity contribution in [2.75, 3.05) is 11.5 Å². The zero-order chi connectivity index (χ0) is 15.9. The Morgan fingerprint density at radius 2 is 1.52 bits per heavy atom. The van der Waals surface area contributed by atoms with Crippen molar-refractivity contribution in [3.63, 3.8) is 0 Å². The smallest absolute Gasteiger partial charge is 0.307 e. The average Bonchev–Trinajstić information content (AvgIpc) is 2.43. The second-order valence-electron chi connectivity index (χ2n) is 5.52. The molecular formula is C16H30O4S. The van der Waals surface area contributed by atoms with Crippen LogP contribution in [0.2, 0.25) is 0 Å². The van der Waals surface area contributed by atoms with Crippen LogP contribution in [0.15, 0.2) is 0 Å². The summed E-state index contributed by atoms with van der Waals surface area (Å²) in [7, 11) is 0. The van der Waals surface area contributed by atoms with E-state index in [2.05, 4.69) is 6.92 Å². The molecule has 0 radical (unpaired) electrons. The Morgan fingerprint density at radius 1 is 0.952 bits per heavy atom. The van der Waals surface area contributed by atoms with Gasteiger partial charge in [-0.2, -0.15) is 11.8 Å². The van der Waals surface area contributed by atoms with Gasteiger partial charge in [0.05, 0.1) is 12.3 Å². The van der Waals surface area contributed by atoms with Crippen LogP contribution in [0.5, 0.6) is 0 Å². The molecule has 2 N–H and O–H groups in total. The number of rotatable bonds is 15. The van der Waals surface area contributed by atoms with Crippen molar-refractivity contribution in [2.24, 2.45) is 5.92 Å². The van der Waals surface area contributed by atoms with Crippen LogP contribution in [0.1, 0.15) is 71.1 Å². The lowest BCUT2D eigenvalue weighted by Crippen LogP contribution is -2.16. The van der Waals surface area contributed by atoms with Crippen LogP contribution in [0, 0.1) is 5.92 Å². The van der Waals surface area contributed by atoms with Crippen LogP contribution < -0.4 is 0 Å². The van der Waals surface area contributed by atoms with Gasteiger partial charge in [0.1, 0.15) is 0 Å². The molecule has 5 heteroatoms. The number of carboxylic acids is 2. The Balaban J connectivity index is 3.56. The number of unbranched alkanes of at least 4 members (excludes halogenated alkanes) is 7. The Morgan fingerprint density at radius 3 is 2.05 bits per heavy atom. The molecular weight excluding hydrogens is 288 g/mol. The van der Waals surface area contributed by atoms with E-state index < -0.39 is 11.9 Å². The molecule has 0 fully saturated rings. The lowest BCUT2D eigenvalue weighted by atomic mass is 10.0. The summed E-state index contributed by atoms with van der Waals surface area (Å²) in [5, 5.41) is 17.7. The standard InChI is InChI=1S/C16H30O4S/c1-2-3-4-5-6-7-8-9-10-14(16(19)20)13-21-12-11-15(17)18/h14H,2-13H2,1H3,(H,17,18)(H,19,20). The van der Waals surface area contributed by atoms with Crippen molar-refractivity contribution in [3.05, 3.63) is 0 Å². The summed E-state index contributed by atoms with van der Waals surface area (Å²) in [6, 6.07) is 0. The maximum atomic E-state index is 11.1. The summed E-state index contributed by atoms with van der Waals surface area (Å²) < 4.78 is 0. The highest BCUT2D eigenvalue weighted by Gasteiger charge is 2.16. The summed E-state index contributed by atoms with van der Waals surface area (Å²) in [5.41, 5.74) is 0. The molecule has 124 valence electrons. The van der Waals surface area contributed by atoms with Crippen molar-refractivity contribution in [3.8, 4) is 0 Å². The largest absolute Gasteiger partial charge is 0.481 e. The molecule has 0 aromatic heterocycles. The zero-order valence-corrected chi connectivity index (χ0v) is 14.0. The first kappa shape index (κ1) is 20.3. The fourth-order valence-corrected chi connectivity index (χ4v) is 3.27. The van der Waals surface area contributed by atoms with E-state index >= 15 is 0 Å². The van der Waals surface area contributed by atoms with Gasteiger partial charge in [0, 0.05) is 11.5 Å². The number of carboxylic acid groups (broad SMARTS) is 2. The molecule has 0 aromatic carbocycles. The third kappa shape index (κ3) is 14.0. The molecule has 0 spiro atoms. The van der Waals surface area contributed by atoms with E-state index in [1.54, 1.807) is 0 Å². The van der Waals surface area contributed by atoms with Crippen molar-refractivity contribution in [1.29, 1.82) is 0 Å². The molecule has 0 heterocycles. The third-order valence-corrected chi connectivity index (χ3v) is 4.67. The number of thioether (sulfide) groups is 1. The van der Waals surface area contributed by atoms with Crippen molar-refractivity contribution >= 4 is 23.7 Å². The Hall–Kier alpha value is -0.710. The second-order valence-corrected chi connectivity index (χ2v) is 6.67. The van der Waals surface area contributed by atoms with Gasteiger partial charge in [-0.25, -0.2) is 0 Å². The van der Waals surface area contributed by atoms with E-state index in [0.717, 1.165) is 12.8 Å². The van der Waals surface area contributed by atoms with Crippen LogP contribution in [0.4, 0.5) is 0 Å². The van der Waals surface area contributed by atoms with Crippen LogP contribution in [-0.4, -0.2) is 33.7 Å². The summed E-state index contributed by atoms with van der Waals surface area (Å²) in [6.07, 6.45) is 10.5. The topological polar surface area (TPSA) is 74.6 Å². The number of hydrogen-bond donors (Lipinski definition) is 2. The van der Waals surface area contributed by atoms with Gasteiger partial charge >= 0.3 is 11.9 Å². The monoisotopic (exact) mass is 318 g/mol. The first-order valence-electron chi connectivity index (χ1n) is 8.10. The van der Waals surface area contributed by atoms with Gasteiger partial charge in [0.25, 0.3) is 0 Å². The van der Waals surface area contributed by atoms with Crippen LogP contribution in [0.3, 0.4) is 0 Å². The third-order valence-electron chi connectivity index (χ3n) is 3.53. The quantitative estimate of drug-likeness (QED) is 0.437. The normalized spacial score (nSPS) is 12.2. The van der Waals surface area contributed by atoms with Gasteiger partial charge in [-0.05, 0) is 6.42 Å². The maximum absolute atomic E-state index is 11.1. The Labute approximate surface area is 132 Å². The second kappa shape index (κ2) is 14.2. The SMILES string of the molecule is CCCCCCCCCCC(CSCCC(=O)O)C(=O)O. The maximum Gasteiger partial charge on any atom is 0.307 e. The van der Waals surface area contributed by atoms with Gasteiger partial charge < -0.3 is 10.2 Å². The summed E-state index contributed by atoms with van der Waals surface area (Å²) in [4.78, 5) is 21.5. The molecule has 0 amide bonds. The molecule has 0 rings (SSSR count). The molecule has 0 aliphatic rings. The van der Waals surface area contributed by atoms with Crippen LogP contribution >= 0.6 is 11.8 Å². The Bertz CT molecular complexity index is 281. The summed E-state index contributed by atoms with van der Waals surface area (Å²) in [5.74, 6) is -0.877. The molecule has 0 saturated heterocycles. The molecule has 0 aliphatic carbocycles. The summed E-state index contributed by atoms with van der Waals surface area (Å²) >= 11 is 1.43. The first-order valence-corrected chi connectivity index (χ1v) is 9.25. The van der Waals surface area contributed by atoms with E-state index in [1.807, 2.05) is 0 Å². The molecule has 21 heavy (non-hydrogen) atoms. The lowest BCUT2D eigenvalue weighted by Gasteiger charge is -2.11. The minimum absolute atomic E-state index is 0.106. The van der Waals surface area contributed by atoms with Gasteiger partial charge in [0.2, 0.25) is 0 Å². The zero-order valence-electron chi connectivity index (χ0n) is 13.2. The highest BCUT2D eigenvalue weighted by molar-refractivity contribution is 7.99. The van der Waals surface area contributed by atoms with Gasteiger partial charge in [-0.3, -0.25) is 9.59 Å². The number of carbonyl (C=O) groups is 2. The number of aliphatic carboxylic acids is 2. The summed E-state index contributed by atoms with van der Waals surface area (Å²) in [6.45, 7) is 2.21. The molecule has 1 atom stereocenters. The van der Waals surface area contributed by atoms with Gasteiger partial charge in [0.15, 0.2) is 0 Å². The lowest BCUT2D eigenvalue weighted by molar-refractivity contribution is -0.141. The van der Waals surface area contributed by atoms with Crippen molar-refractivity contribution in [2.45, 2.75) is 71.1 Å². The molecule has 4 nitrogen and oxygen atoms in total. The van der Waals surface area contributed by atoms with Gasteiger partial charge in [-0.1, -0.05) is 58.3 Å². The van der Waals surface area contributed by atoms with Crippen molar-refractivity contribution < 1.29 is 19.8 Å². The van der Waals surface area contributed by atoms with Crippen molar-refractivity contribution in [1.82, 2.24) is 0 Å². The molecule has 0 aromatic rings. The highest BCUT2D eigenvalue weighted by Crippen LogP contribution is 2.18. The first-order chi connectivity index (χ1) is 10.1. The molecule has 0 aliphatic heterocycles. The highest BCUT2D eigenvalue weighted by atomic mass is 32.2. The van der Waals surface area contributed by atoms with Crippen LogP contribution in [-0.2, 0) is 9.59 Å². The molecule has 0 bridgehead atoms. The van der Waals surface area contributed by atoms with E-state index in [1.165, 1.54) is 50.3 Å². The Kier molecular flexibility index (Phi) is 13.8. The molecule has 0 saturated carbocycles. The predicted octanol–water partition coefficient (Wildman–Crippen LogP) is 4.43. The van der Waals surface area contributed by atoms with E-state index in [-0.39, 0.29) is 12.3 Å². The fourth-order valence-electron chi connectivity index (χ4n) is 2.19.